The smallest absolute Gasteiger partial charge is 0.0814 e. The molecular formula is C16H22Br4O6. The maximum atomic E-state index is 10.1. The molecule has 1 aromatic carbocycles. The zero-order valence-corrected chi connectivity index (χ0v) is 20.3. The van der Waals surface area contributed by atoms with Crippen molar-refractivity contribution in [2.24, 2.45) is 0 Å². The Morgan fingerprint density at radius 3 is 1.23 bits per heavy atom. The molecule has 26 heavy (non-hydrogen) atoms. The summed E-state index contributed by atoms with van der Waals surface area (Å²) in [6, 6.07) is 0. The first-order valence-electron chi connectivity index (χ1n) is 7.90. The van der Waals surface area contributed by atoms with Crippen LogP contribution in [0.3, 0.4) is 0 Å². The summed E-state index contributed by atoms with van der Waals surface area (Å²) in [6.07, 6.45) is -0.772. The van der Waals surface area contributed by atoms with Crippen molar-refractivity contribution in [3.8, 4) is 0 Å². The van der Waals surface area contributed by atoms with Crippen molar-refractivity contribution in [3.05, 3.63) is 29.0 Å². The highest BCUT2D eigenvalue weighted by atomic mass is 79.9. The molecule has 0 saturated carbocycles. The Morgan fingerprint density at radius 1 is 0.654 bits per heavy atom. The predicted molar refractivity (Wildman–Crippen MR) is 112 cm³/mol. The molecule has 0 aliphatic rings. The van der Waals surface area contributed by atoms with Gasteiger partial charge in [0.05, 0.1) is 51.8 Å². The number of halogens is 4. The Labute approximate surface area is 186 Å². The summed E-state index contributed by atoms with van der Waals surface area (Å²) in [5.41, 5.74) is 1.69. The number of aliphatic hydroxyl groups is 4. The Morgan fingerprint density at radius 2 is 0.962 bits per heavy atom. The molecule has 1 aromatic rings. The number of aliphatic hydroxyl groups excluding tert-OH is 4. The molecule has 0 radical (unpaired) electrons. The summed E-state index contributed by atoms with van der Waals surface area (Å²) in [6.45, 7) is 0.436. The molecule has 0 spiro atoms. The zero-order chi connectivity index (χ0) is 19.7. The van der Waals surface area contributed by atoms with Crippen molar-refractivity contribution in [2.45, 2.75) is 25.0 Å². The quantitative estimate of drug-likeness (QED) is 0.210. The Bertz CT molecular complexity index is 494. The van der Waals surface area contributed by atoms with Crippen molar-refractivity contribution in [2.75, 3.05) is 39.6 Å². The van der Waals surface area contributed by atoms with Gasteiger partial charge in [-0.15, -0.1) is 0 Å². The van der Waals surface area contributed by atoms with Gasteiger partial charge >= 0.3 is 0 Å². The molecule has 1 rings (SSSR count). The fourth-order valence-corrected chi connectivity index (χ4v) is 5.17. The van der Waals surface area contributed by atoms with Gasteiger partial charge in [-0.25, -0.2) is 0 Å². The third-order valence-electron chi connectivity index (χ3n) is 3.42. The van der Waals surface area contributed by atoms with E-state index in [9.17, 15) is 10.2 Å². The van der Waals surface area contributed by atoms with E-state index in [1.54, 1.807) is 0 Å². The van der Waals surface area contributed by atoms with Gasteiger partial charge in [0, 0.05) is 30.7 Å². The first-order valence-corrected chi connectivity index (χ1v) is 11.1. The van der Waals surface area contributed by atoms with Gasteiger partial charge in [0.1, 0.15) is 0 Å². The molecule has 0 aromatic heterocycles. The van der Waals surface area contributed by atoms with Gasteiger partial charge in [-0.05, 0) is 74.8 Å². The van der Waals surface area contributed by atoms with E-state index < -0.39 is 12.2 Å². The molecule has 150 valence electrons. The Hall–Kier alpha value is 0.900. The lowest BCUT2D eigenvalue weighted by Gasteiger charge is -2.20. The second-order valence-corrected chi connectivity index (χ2v) is 8.70. The summed E-state index contributed by atoms with van der Waals surface area (Å²) < 4.78 is 13.4. The van der Waals surface area contributed by atoms with E-state index in [1.807, 2.05) is 0 Å². The van der Waals surface area contributed by atoms with Crippen LogP contribution in [0.2, 0.25) is 0 Å². The lowest BCUT2D eigenvalue weighted by molar-refractivity contribution is 0.0212. The summed E-state index contributed by atoms with van der Waals surface area (Å²) in [4.78, 5) is 0. The maximum absolute atomic E-state index is 10.1. The Kier molecular flexibility index (Phi) is 12.6. The first-order chi connectivity index (χ1) is 12.3. The van der Waals surface area contributed by atoms with Crippen LogP contribution in [0, 0.1) is 0 Å². The van der Waals surface area contributed by atoms with Gasteiger partial charge in [0.2, 0.25) is 0 Å². The minimum atomic E-state index is -0.726. The van der Waals surface area contributed by atoms with Crippen LogP contribution in [-0.4, -0.2) is 72.3 Å². The van der Waals surface area contributed by atoms with E-state index in [1.165, 1.54) is 0 Å². The number of benzene rings is 1. The lowest BCUT2D eigenvalue weighted by Crippen LogP contribution is -2.21. The predicted octanol–water partition coefficient (Wildman–Crippen LogP) is 2.56. The molecule has 4 N–H and O–H groups in total. The van der Waals surface area contributed by atoms with E-state index in [0.29, 0.717) is 12.8 Å². The molecule has 0 saturated heterocycles. The molecule has 6 nitrogen and oxygen atoms in total. The van der Waals surface area contributed by atoms with E-state index in [-0.39, 0.29) is 39.6 Å². The highest BCUT2D eigenvalue weighted by Gasteiger charge is 2.22. The van der Waals surface area contributed by atoms with Crippen molar-refractivity contribution in [1.29, 1.82) is 0 Å². The third kappa shape index (κ3) is 7.73. The third-order valence-corrected chi connectivity index (χ3v) is 7.98. The van der Waals surface area contributed by atoms with Crippen molar-refractivity contribution in [1.82, 2.24) is 0 Å². The summed E-state index contributed by atoms with van der Waals surface area (Å²) in [7, 11) is 0. The van der Waals surface area contributed by atoms with Crippen molar-refractivity contribution < 1.29 is 29.9 Å². The van der Waals surface area contributed by atoms with Crippen LogP contribution in [-0.2, 0) is 22.3 Å². The average molecular weight is 630 g/mol. The van der Waals surface area contributed by atoms with Gasteiger partial charge in [-0.2, -0.15) is 0 Å². The minimum Gasteiger partial charge on any atom is -0.394 e. The summed E-state index contributed by atoms with van der Waals surface area (Å²) in [5.74, 6) is 0. The summed E-state index contributed by atoms with van der Waals surface area (Å²) >= 11 is 14.2. The van der Waals surface area contributed by atoms with Crippen LogP contribution in [0.15, 0.2) is 17.9 Å². The molecule has 0 bridgehead atoms. The van der Waals surface area contributed by atoms with Crippen LogP contribution in [0.1, 0.15) is 11.1 Å². The molecule has 0 amide bonds. The number of rotatable bonds is 12. The van der Waals surface area contributed by atoms with Crippen LogP contribution in [0.25, 0.3) is 0 Å². The van der Waals surface area contributed by atoms with E-state index in [4.69, 9.17) is 19.7 Å². The van der Waals surface area contributed by atoms with Gasteiger partial charge in [0.25, 0.3) is 0 Å². The zero-order valence-electron chi connectivity index (χ0n) is 13.9. The van der Waals surface area contributed by atoms with E-state index in [0.717, 1.165) is 29.0 Å². The fraction of sp³-hybridized carbons (Fsp3) is 0.625. The topological polar surface area (TPSA) is 99.4 Å². The van der Waals surface area contributed by atoms with Crippen LogP contribution < -0.4 is 0 Å². The largest absolute Gasteiger partial charge is 0.394 e. The highest BCUT2D eigenvalue weighted by molar-refractivity contribution is 9.14. The number of hydrogen-bond donors (Lipinski definition) is 4. The number of hydrogen-bond acceptors (Lipinski definition) is 6. The average Bonchev–Trinajstić information content (AvgIpc) is 2.61. The van der Waals surface area contributed by atoms with Crippen LogP contribution >= 0.6 is 63.7 Å². The van der Waals surface area contributed by atoms with Crippen molar-refractivity contribution in [3.63, 3.8) is 0 Å². The van der Waals surface area contributed by atoms with Crippen LogP contribution in [0.5, 0.6) is 0 Å². The highest BCUT2D eigenvalue weighted by Crippen LogP contribution is 2.42. The molecular weight excluding hydrogens is 608 g/mol. The molecule has 10 heteroatoms. The maximum Gasteiger partial charge on any atom is 0.0814 e. The molecule has 0 aliphatic carbocycles. The standard InChI is InChI=1S/C16H22Br4O6/c17-13-11(5-9(23)7-25-3-1-21)14(18)16(20)12(15(13)19)6-10(24)8-26-4-2-22/h9-10,21-24H,1-8H2. The van der Waals surface area contributed by atoms with E-state index >= 15 is 0 Å². The van der Waals surface area contributed by atoms with Gasteiger partial charge in [-0.3, -0.25) is 0 Å². The summed E-state index contributed by atoms with van der Waals surface area (Å²) in [5, 5.41) is 37.7. The first kappa shape index (κ1) is 24.9. The molecule has 0 fully saturated rings. The molecule has 2 unspecified atom stereocenters. The second-order valence-electron chi connectivity index (χ2n) is 5.53. The van der Waals surface area contributed by atoms with E-state index in [2.05, 4.69) is 63.7 Å². The minimum absolute atomic E-state index is 0.0871. The lowest BCUT2D eigenvalue weighted by atomic mass is 10.0. The van der Waals surface area contributed by atoms with Gasteiger partial charge < -0.3 is 29.9 Å². The van der Waals surface area contributed by atoms with Crippen molar-refractivity contribution >= 4 is 63.7 Å². The number of ether oxygens (including phenoxy) is 2. The molecule has 2 atom stereocenters. The molecule has 0 heterocycles. The fourth-order valence-electron chi connectivity index (χ4n) is 2.24. The normalized spacial score (nSPS) is 13.8. The van der Waals surface area contributed by atoms with Crippen LogP contribution in [0.4, 0.5) is 0 Å². The SMILES string of the molecule is OCCOCC(O)Cc1c(Br)c(Br)c(CC(O)COCCO)c(Br)c1Br. The monoisotopic (exact) mass is 626 g/mol. The molecule has 0 aliphatic heterocycles. The van der Waals surface area contributed by atoms with Gasteiger partial charge in [0.15, 0.2) is 0 Å². The van der Waals surface area contributed by atoms with Gasteiger partial charge in [-0.1, -0.05) is 0 Å². The second kappa shape index (κ2) is 13.2. The Balaban J connectivity index is 2.91.